The first-order valence-corrected chi connectivity index (χ1v) is 10.1. The van der Waals surface area contributed by atoms with Crippen molar-refractivity contribution >= 4 is 34.4 Å². The number of carbonyl (C=O) groups excluding carboxylic acids is 1. The van der Waals surface area contributed by atoms with Crippen LogP contribution in [0.1, 0.15) is 29.0 Å². The van der Waals surface area contributed by atoms with Crippen molar-refractivity contribution in [2.24, 2.45) is 0 Å². The molecule has 1 aromatic heterocycles. The molecule has 0 radical (unpaired) electrons. The number of fused-ring (bicyclic) bond motifs is 1. The van der Waals surface area contributed by atoms with Crippen LogP contribution in [-0.2, 0) is 6.54 Å². The van der Waals surface area contributed by atoms with Crippen molar-refractivity contribution in [3.63, 3.8) is 0 Å². The largest absolute Gasteiger partial charge is 0.465 e. The number of piperidine rings is 1. The van der Waals surface area contributed by atoms with E-state index in [0.717, 1.165) is 5.39 Å². The highest BCUT2D eigenvalue weighted by molar-refractivity contribution is 6.38. The fourth-order valence-electron chi connectivity index (χ4n) is 3.62. The summed E-state index contributed by atoms with van der Waals surface area (Å²) in [4.78, 5) is 24.8. The molecule has 0 unspecified atom stereocenters. The predicted octanol–water partition coefficient (Wildman–Crippen LogP) is 5.39. The van der Waals surface area contributed by atoms with Crippen molar-refractivity contribution in [3.05, 3.63) is 58.8 Å². The first-order valence-electron chi connectivity index (χ1n) is 9.69. The average molecular weight is 449 g/mol. The molecule has 0 saturated carbocycles. The summed E-state index contributed by atoms with van der Waals surface area (Å²) in [5, 5.41) is 12.8. The second kappa shape index (κ2) is 8.19. The number of alkyl halides is 2. The predicted molar refractivity (Wildman–Crippen MR) is 112 cm³/mol. The van der Waals surface area contributed by atoms with Crippen LogP contribution in [0.15, 0.2) is 46.9 Å². The normalized spacial score (nSPS) is 15.8. The highest BCUT2D eigenvalue weighted by Crippen LogP contribution is 2.36. The third-order valence-electron chi connectivity index (χ3n) is 5.32. The van der Waals surface area contributed by atoms with Gasteiger partial charge in [-0.1, -0.05) is 23.7 Å². The number of halogens is 3. The zero-order chi connectivity index (χ0) is 22.2. The van der Waals surface area contributed by atoms with Crippen LogP contribution < -0.4 is 5.32 Å². The number of likely N-dealkylation sites (tertiary alicyclic amines) is 1. The van der Waals surface area contributed by atoms with E-state index < -0.39 is 12.0 Å². The molecule has 1 saturated heterocycles. The molecule has 4 rings (SSSR count). The number of amides is 2. The third-order valence-corrected chi connectivity index (χ3v) is 5.73. The van der Waals surface area contributed by atoms with Crippen molar-refractivity contribution in [2.75, 3.05) is 13.1 Å². The summed E-state index contributed by atoms with van der Waals surface area (Å²) in [6.45, 7) is 0.0939. The van der Waals surface area contributed by atoms with E-state index in [-0.39, 0.29) is 38.4 Å². The molecule has 9 heteroatoms. The number of carboxylic acid groups (broad SMARTS) is 1. The first-order chi connectivity index (χ1) is 14.7. The van der Waals surface area contributed by atoms with E-state index in [1.165, 1.54) is 4.90 Å². The Kier molecular flexibility index (Phi) is 5.58. The van der Waals surface area contributed by atoms with Crippen LogP contribution in [0.3, 0.4) is 0 Å². The molecule has 2 aromatic carbocycles. The molecule has 3 aromatic rings. The topological polar surface area (TPSA) is 82.8 Å². The molecule has 31 heavy (non-hydrogen) atoms. The van der Waals surface area contributed by atoms with Gasteiger partial charge in [-0.3, -0.25) is 4.79 Å². The molecule has 2 N–H and O–H groups in total. The maximum absolute atomic E-state index is 13.4. The first kappa shape index (κ1) is 21.1. The summed E-state index contributed by atoms with van der Waals surface area (Å²) in [6, 6.07) is 12.0. The summed E-state index contributed by atoms with van der Waals surface area (Å²) in [5.41, 5.74) is 1.05. The van der Waals surface area contributed by atoms with Gasteiger partial charge in [-0.05, 0) is 35.7 Å². The van der Waals surface area contributed by atoms with E-state index >= 15 is 0 Å². The quantitative estimate of drug-likeness (QED) is 0.560. The zero-order valence-electron chi connectivity index (χ0n) is 16.3. The highest BCUT2D eigenvalue weighted by Gasteiger charge is 2.35. The Labute approximate surface area is 181 Å². The van der Waals surface area contributed by atoms with E-state index in [9.17, 15) is 18.4 Å². The van der Waals surface area contributed by atoms with Crippen LogP contribution >= 0.6 is 11.6 Å². The molecule has 2 amide bonds. The number of furan rings is 1. The smallest absolute Gasteiger partial charge is 0.405 e. The number of nitrogens with one attached hydrogen (secondary N) is 1. The lowest BCUT2D eigenvalue weighted by Gasteiger charge is -2.31. The van der Waals surface area contributed by atoms with Gasteiger partial charge in [-0.25, -0.2) is 13.6 Å². The van der Waals surface area contributed by atoms with E-state index in [1.54, 1.807) is 42.5 Å². The molecule has 1 fully saturated rings. The number of nitrogens with zero attached hydrogens (tertiary/aromatic N) is 1. The van der Waals surface area contributed by atoms with E-state index in [4.69, 9.17) is 21.1 Å². The molecule has 162 valence electrons. The van der Waals surface area contributed by atoms with Gasteiger partial charge < -0.3 is 19.7 Å². The summed E-state index contributed by atoms with van der Waals surface area (Å²) >= 11 is 6.58. The van der Waals surface area contributed by atoms with Crippen LogP contribution in [0.25, 0.3) is 22.1 Å². The zero-order valence-corrected chi connectivity index (χ0v) is 17.1. The second-order valence-electron chi connectivity index (χ2n) is 7.44. The minimum Gasteiger partial charge on any atom is -0.465 e. The minimum absolute atomic E-state index is 0.0289. The fourth-order valence-corrected chi connectivity index (χ4v) is 3.94. The number of carbonyl (C=O) groups is 2. The van der Waals surface area contributed by atoms with Gasteiger partial charge in [0.05, 0.1) is 11.6 Å². The van der Waals surface area contributed by atoms with Crippen LogP contribution in [-0.4, -0.2) is 41.0 Å². The average Bonchev–Trinajstić information content (AvgIpc) is 3.20. The Morgan fingerprint density at radius 1 is 1.13 bits per heavy atom. The fraction of sp³-hybridized carbons (Fsp3) is 0.273. The Bertz CT molecular complexity index is 1150. The van der Waals surface area contributed by atoms with Gasteiger partial charge in [0.1, 0.15) is 11.5 Å². The van der Waals surface area contributed by atoms with Crippen LogP contribution in [0.4, 0.5) is 13.6 Å². The van der Waals surface area contributed by atoms with Gasteiger partial charge in [-0.15, -0.1) is 0 Å². The van der Waals surface area contributed by atoms with Gasteiger partial charge in [-0.2, -0.15) is 0 Å². The molecule has 1 aliphatic heterocycles. The Hall–Kier alpha value is -3.13. The van der Waals surface area contributed by atoms with Crippen molar-refractivity contribution in [1.29, 1.82) is 0 Å². The number of hydrogen-bond donors (Lipinski definition) is 2. The minimum atomic E-state index is -2.71. The van der Waals surface area contributed by atoms with Gasteiger partial charge in [0.15, 0.2) is 0 Å². The molecule has 6 nitrogen and oxygen atoms in total. The van der Waals surface area contributed by atoms with Gasteiger partial charge in [0, 0.05) is 42.4 Å². The van der Waals surface area contributed by atoms with Crippen molar-refractivity contribution in [2.45, 2.75) is 25.3 Å². The number of rotatable bonds is 4. The SMILES string of the molecule is O=C(O)NCc1ccc(-c2ccc3cc(C(=O)N4CCC(F)(F)CC4)ccc3c2Cl)o1. The lowest BCUT2D eigenvalue weighted by atomic mass is 10.0. The summed E-state index contributed by atoms with van der Waals surface area (Å²) in [5.74, 6) is -2.05. The monoisotopic (exact) mass is 448 g/mol. The van der Waals surface area contributed by atoms with Crippen molar-refractivity contribution < 1.29 is 27.9 Å². The lowest BCUT2D eigenvalue weighted by molar-refractivity contribution is -0.0494. The maximum atomic E-state index is 13.4. The van der Waals surface area contributed by atoms with Crippen molar-refractivity contribution in [1.82, 2.24) is 10.2 Å². The summed E-state index contributed by atoms with van der Waals surface area (Å²) < 4.78 is 32.4. The number of benzene rings is 2. The summed E-state index contributed by atoms with van der Waals surface area (Å²) in [6.07, 6.45) is -1.80. The lowest BCUT2D eigenvalue weighted by Crippen LogP contribution is -2.42. The molecular weight excluding hydrogens is 430 g/mol. The molecule has 0 atom stereocenters. The van der Waals surface area contributed by atoms with E-state index in [0.29, 0.717) is 33.1 Å². The van der Waals surface area contributed by atoms with Crippen molar-refractivity contribution in [3.8, 4) is 11.3 Å². The molecule has 0 aliphatic carbocycles. The van der Waals surface area contributed by atoms with E-state index in [2.05, 4.69) is 5.32 Å². The Morgan fingerprint density at radius 2 is 1.87 bits per heavy atom. The van der Waals surface area contributed by atoms with Gasteiger partial charge in [0.2, 0.25) is 0 Å². The summed E-state index contributed by atoms with van der Waals surface area (Å²) in [7, 11) is 0. The molecule has 2 heterocycles. The standard InChI is InChI=1S/C22H19ClF2N2O4/c23-19-16-4-2-14(20(28)27-9-7-22(24,25)8-10-27)11-13(16)1-5-17(19)18-6-3-15(31-18)12-26-21(29)30/h1-6,11,26H,7-10,12H2,(H,29,30). The molecule has 1 aliphatic rings. The Balaban J connectivity index is 1.57. The van der Waals surface area contributed by atoms with Crippen LogP contribution in [0.5, 0.6) is 0 Å². The maximum Gasteiger partial charge on any atom is 0.405 e. The highest BCUT2D eigenvalue weighted by atomic mass is 35.5. The number of hydrogen-bond acceptors (Lipinski definition) is 3. The van der Waals surface area contributed by atoms with Gasteiger partial charge in [0.25, 0.3) is 11.8 Å². The third kappa shape index (κ3) is 4.49. The van der Waals surface area contributed by atoms with Crippen LogP contribution in [0.2, 0.25) is 5.02 Å². The van der Waals surface area contributed by atoms with Gasteiger partial charge >= 0.3 is 6.09 Å². The van der Waals surface area contributed by atoms with E-state index in [1.807, 2.05) is 0 Å². The molecule has 0 spiro atoms. The second-order valence-corrected chi connectivity index (χ2v) is 7.81. The molecule has 0 bridgehead atoms. The molecular formula is C22H19ClF2N2O4. The Morgan fingerprint density at radius 3 is 2.58 bits per heavy atom. The van der Waals surface area contributed by atoms with Crippen LogP contribution in [0, 0.1) is 0 Å².